The maximum atomic E-state index is 12.2. The van der Waals surface area contributed by atoms with Gasteiger partial charge in [0.05, 0.1) is 6.61 Å². The van der Waals surface area contributed by atoms with Crippen molar-refractivity contribution in [3.63, 3.8) is 0 Å². The van der Waals surface area contributed by atoms with Crippen molar-refractivity contribution in [2.24, 2.45) is 5.41 Å². The summed E-state index contributed by atoms with van der Waals surface area (Å²) < 4.78 is 35.4. The van der Waals surface area contributed by atoms with Crippen LogP contribution >= 0.6 is 205 Å². The van der Waals surface area contributed by atoms with Gasteiger partial charge in [-0.1, -0.05) is 205 Å². The zero-order valence-corrected chi connectivity index (χ0v) is 69.0. The molecule has 508 valence electrons. The predicted molar refractivity (Wildman–Crippen MR) is 430 cm³/mol. The average molecular weight is 2080 g/mol. The maximum Gasteiger partial charge on any atom is 0.258 e. The van der Waals surface area contributed by atoms with Crippen LogP contribution in [0.3, 0.4) is 0 Å². The van der Waals surface area contributed by atoms with Gasteiger partial charge in [0, 0.05) is 70.9 Å². The van der Waals surface area contributed by atoms with E-state index in [0.717, 1.165) is 101 Å². The van der Waals surface area contributed by atoms with E-state index in [-0.39, 0.29) is 65.2 Å². The lowest BCUT2D eigenvalue weighted by molar-refractivity contribution is -0.179. The SMILES string of the molecule is CN(CCOc1ccc(Cl)cc1)C12CC(NC(=O)COc3ccc(Cl)cc3)(C1)C2.CN(CCOc1ccc(Cl)cc1)C12CC(NC(=O)COc3ccc(Cl)cc3)(C1)C2.IC(I)I.IC(I)I.O=C(COc1ccc(Cl)cc1)NC12CC(CCCOc3ccc(Cl)cc3)(C1)C2. The first kappa shape index (κ1) is 78.3. The van der Waals surface area contributed by atoms with Crippen LogP contribution in [0.4, 0.5) is 0 Å². The van der Waals surface area contributed by atoms with E-state index < -0.39 is 0 Å². The first-order chi connectivity index (χ1) is 44.7. The highest BCUT2D eigenvalue weighted by molar-refractivity contribution is 14.3. The standard InChI is InChI=1S/2C22H24Cl2N2O3.C22H23Cl2NO3.2CHI3/c2*1-26(10-11-28-18-6-2-16(23)3-7-18)22-13-21(14-22,15-22)25-20(27)12-29-19-8-4-17(24)5-9-19;23-16-2-6-18(7-3-16)27-11-1-10-21-13-22(14-21,15-21)25-20(26)12-28-19-8-4-17(24)5-9-19;2*2-1(3)4/h2*2-9H,10-15H2,1H3,(H,25,27);2-9H,1,10-15H2,(H,25,26);2*1H. The molecule has 0 saturated heterocycles. The second-order valence-electron chi connectivity index (χ2n) is 24.6. The number of ether oxygens (including phenoxy) is 6. The molecule has 3 N–H and O–H groups in total. The summed E-state index contributed by atoms with van der Waals surface area (Å²) in [5, 5.41) is 13.5. The lowest BCUT2D eigenvalue weighted by atomic mass is 9.38. The van der Waals surface area contributed by atoms with Crippen LogP contribution in [0.2, 0.25) is 30.1 Å². The number of rotatable bonds is 27. The van der Waals surface area contributed by atoms with E-state index in [1.807, 2.05) is 72.8 Å². The van der Waals surface area contributed by atoms with Crippen LogP contribution < -0.4 is 44.4 Å². The smallest absolute Gasteiger partial charge is 0.258 e. The third kappa shape index (κ3) is 23.8. The molecule has 9 fully saturated rings. The zero-order valence-electron chi connectivity index (χ0n) is 51.6. The Morgan fingerprint density at radius 2 is 0.585 bits per heavy atom. The number of alkyl halides is 6. The predicted octanol–water partition coefficient (Wildman–Crippen LogP) is 18.8. The minimum absolute atomic E-state index is 0.00250. The van der Waals surface area contributed by atoms with Crippen molar-refractivity contribution in [2.45, 2.75) is 98.2 Å². The van der Waals surface area contributed by atoms with Crippen molar-refractivity contribution in [2.75, 3.05) is 66.8 Å². The molecule has 14 nitrogen and oxygen atoms in total. The molecule has 9 saturated carbocycles. The van der Waals surface area contributed by atoms with Gasteiger partial charge in [-0.25, -0.2) is 0 Å². The van der Waals surface area contributed by atoms with E-state index in [2.05, 4.69) is 175 Å². The van der Waals surface area contributed by atoms with Gasteiger partial charge >= 0.3 is 0 Å². The normalized spacial score (nSPS) is 23.2. The van der Waals surface area contributed by atoms with Gasteiger partial charge in [0.25, 0.3) is 17.7 Å². The van der Waals surface area contributed by atoms with Gasteiger partial charge in [-0.2, -0.15) is 0 Å². The first-order valence-electron chi connectivity index (χ1n) is 30.2. The van der Waals surface area contributed by atoms with Crippen molar-refractivity contribution in [3.05, 3.63) is 176 Å². The summed E-state index contributed by atoms with van der Waals surface area (Å²) in [5.41, 5.74) is 0.643. The zero-order chi connectivity index (χ0) is 67.7. The van der Waals surface area contributed by atoms with Gasteiger partial charge in [-0.05, 0) is 236 Å². The van der Waals surface area contributed by atoms with Crippen molar-refractivity contribution in [3.8, 4) is 34.5 Å². The summed E-state index contributed by atoms with van der Waals surface area (Å²) in [6, 6.07) is 43.3. The molecular weight excluding hydrogens is 2000 g/mol. The quantitative estimate of drug-likeness (QED) is 0.0257. The van der Waals surface area contributed by atoms with Gasteiger partial charge in [-0.3, -0.25) is 24.2 Å². The van der Waals surface area contributed by atoms with Crippen LogP contribution in [-0.2, 0) is 14.4 Å². The van der Waals surface area contributed by atoms with E-state index in [1.165, 1.54) is 0 Å². The van der Waals surface area contributed by atoms with Gasteiger partial charge in [0.15, 0.2) is 19.8 Å². The van der Waals surface area contributed by atoms with Crippen molar-refractivity contribution >= 4 is 223 Å². The number of carbonyl (C=O) groups excluding carboxylic acids is 3. The Balaban J connectivity index is 0.000000171. The molecule has 6 aromatic rings. The van der Waals surface area contributed by atoms with Crippen LogP contribution in [0.25, 0.3) is 0 Å². The number of halogens is 12. The molecule has 9 aliphatic carbocycles. The largest absolute Gasteiger partial charge is 0.494 e. The summed E-state index contributed by atoms with van der Waals surface area (Å²) in [6.45, 7) is 3.69. The van der Waals surface area contributed by atoms with E-state index >= 15 is 0 Å². The number of benzene rings is 6. The van der Waals surface area contributed by atoms with Gasteiger partial charge in [0.2, 0.25) is 0 Å². The fraction of sp³-hybridized carbons (Fsp3) is 0.426. The second-order valence-corrected chi connectivity index (χ2v) is 49.0. The third-order valence-electron chi connectivity index (χ3n) is 17.5. The number of nitrogens with zero attached hydrogens (tertiary/aromatic N) is 2. The van der Waals surface area contributed by atoms with Gasteiger partial charge in [0.1, 0.15) is 47.6 Å². The molecule has 0 unspecified atom stereocenters. The molecule has 0 spiro atoms. The van der Waals surface area contributed by atoms with Gasteiger partial charge < -0.3 is 44.4 Å². The fourth-order valence-electron chi connectivity index (χ4n) is 13.3. The summed E-state index contributed by atoms with van der Waals surface area (Å²) in [5.74, 6) is 4.20. The number of amides is 3. The number of carbonyl (C=O) groups is 3. The lowest BCUT2D eigenvalue weighted by Crippen LogP contribution is -2.83. The summed E-state index contributed by atoms with van der Waals surface area (Å²) >= 11 is 49.1. The molecular formula is C68H73Cl6I6N5O9. The highest BCUT2D eigenvalue weighted by atomic mass is 127. The van der Waals surface area contributed by atoms with Crippen LogP contribution in [0.5, 0.6) is 34.5 Å². The van der Waals surface area contributed by atoms with Crippen molar-refractivity contribution in [1.29, 1.82) is 0 Å². The summed E-state index contributed by atoms with van der Waals surface area (Å²) in [7, 11) is 4.25. The van der Waals surface area contributed by atoms with Crippen molar-refractivity contribution in [1.82, 2.24) is 25.8 Å². The molecule has 94 heavy (non-hydrogen) atoms. The minimum Gasteiger partial charge on any atom is -0.494 e. The molecule has 6 bridgehead atoms. The molecule has 3 amide bonds. The molecule has 9 aliphatic rings. The van der Waals surface area contributed by atoms with Crippen LogP contribution in [-0.4, -0.2) is 122 Å². The Labute approximate surface area is 663 Å². The number of likely N-dealkylation sites (N-methyl/N-ethyl adjacent to an activating group) is 2. The summed E-state index contributed by atoms with van der Waals surface area (Å²) in [6.07, 6.45) is 11.2. The van der Waals surface area contributed by atoms with Crippen LogP contribution in [0.1, 0.15) is 70.6 Å². The Hall–Kier alpha value is -1.43. The monoisotopic (exact) mass is 2070 g/mol. The Morgan fingerprint density at radius 1 is 0.372 bits per heavy atom. The Kier molecular flexibility index (Phi) is 30.4. The summed E-state index contributed by atoms with van der Waals surface area (Å²) in [4.78, 5) is 41.3. The maximum absolute atomic E-state index is 12.2. The average Bonchev–Trinajstić information content (AvgIpc) is 0.695. The van der Waals surface area contributed by atoms with Crippen LogP contribution in [0.15, 0.2) is 146 Å². The highest BCUT2D eigenvalue weighted by Gasteiger charge is 2.71. The molecule has 0 radical (unpaired) electrons. The molecule has 0 aromatic heterocycles. The van der Waals surface area contributed by atoms with Crippen LogP contribution in [0, 0.1) is 5.41 Å². The molecule has 0 heterocycles. The first-order valence-corrected chi connectivity index (χ1v) is 39.9. The number of hydrogen-bond donors (Lipinski definition) is 3. The fourth-order valence-corrected chi connectivity index (χ4v) is 14.0. The number of hydrogen-bond acceptors (Lipinski definition) is 11. The van der Waals surface area contributed by atoms with E-state index in [4.69, 9.17) is 98.0 Å². The van der Waals surface area contributed by atoms with E-state index in [0.29, 0.717) is 72.6 Å². The molecule has 0 aliphatic heterocycles. The van der Waals surface area contributed by atoms with E-state index in [9.17, 15) is 14.4 Å². The van der Waals surface area contributed by atoms with E-state index in [1.54, 1.807) is 72.8 Å². The molecule has 26 heteroatoms. The molecule has 15 rings (SSSR count). The highest BCUT2D eigenvalue weighted by Crippen LogP contribution is 2.69. The lowest BCUT2D eigenvalue weighted by Gasteiger charge is -2.73. The topological polar surface area (TPSA) is 149 Å². The molecule has 6 aromatic carbocycles. The van der Waals surface area contributed by atoms with Gasteiger partial charge in [-0.15, -0.1) is 0 Å². The minimum atomic E-state index is -0.0815. The number of nitrogens with one attached hydrogen (secondary N) is 3. The third-order valence-corrected chi connectivity index (χ3v) is 19.0. The Bertz CT molecular complexity index is 3190. The molecule has 0 atom stereocenters. The second kappa shape index (κ2) is 36.4. The van der Waals surface area contributed by atoms with Crippen molar-refractivity contribution < 1.29 is 42.8 Å². The Morgan fingerprint density at radius 3 is 0.830 bits per heavy atom.